The zero-order valence-electron chi connectivity index (χ0n) is 7.72. The number of nitriles is 1. The van der Waals surface area contributed by atoms with Gasteiger partial charge in [0, 0.05) is 4.47 Å². The molecular weight excluding hydrogens is 263 g/mol. The fraction of sp³-hybridized carbons (Fsp3) is 0.300. The molecule has 0 saturated heterocycles. The second-order valence-corrected chi connectivity index (χ2v) is 4.05. The molecule has 1 rings (SSSR count). The lowest BCUT2D eigenvalue weighted by Gasteiger charge is -2.10. The van der Waals surface area contributed by atoms with Gasteiger partial charge in [0.25, 0.3) is 0 Å². The zero-order valence-corrected chi connectivity index (χ0v) is 10.1. The van der Waals surface area contributed by atoms with Crippen LogP contribution in [0, 0.1) is 11.3 Å². The molecule has 1 atom stereocenters. The maximum atomic E-state index is 8.91. The summed E-state index contributed by atoms with van der Waals surface area (Å²) in [4.78, 5) is 0. The van der Waals surface area contributed by atoms with Gasteiger partial charge in [0.05, 0.1) is 11.1 Å². The summed E-state index contributed by atoms with van der Waals surface area (Å²) in [6.45, 7) is 2.73. The lowest BCUT2D eigenvalue weighted by molar-refractivity contribution is 0.658. The van der Waals surface area contributed by atoms with Crippen molar-refractivity contribution in [2.24, 2.45) is 0 Å². The fourth-order valence-corrected chi connectivity index (χ4v) is 1.65. The Bertz CT molecular complexity index is 360. The van der Waals surface area contributed by atoms with Crippen LogP contribution in [0.3, 0.4) is 0 Å². The molecule has 0 amide bonds. The van der Waals surface area contributed by atoms with Gasteiger partial charge in [-0.1, -0.05) is 24.6 Å². The Morgan fingerprint density at radius 1 is 1.64 bits per heavy atom. The van der Waals surface area contributed by atoms with Crippen molar-refractivity contribution in [2.45, 2.75) is 13.0 Å². The molecule has 0 aromatic heterocycles. The van der Waals surface area contributed by atoms with E-state index in [9.17, 15) is 0 Å². The number of nitrogens with zero attached hydrogens (tertiary/aromatic N) is 1. The van der Waals surface area contributed by atoms with Crippen LogP contribution in [0.5, 0.6) is 0 Å². The molecule has 14 heavy (non-hydrogen) atoms. The van der Waals surface area contributed by atoms with E-state index in [0.29, 0.717) is 5.02 Å². The predicted molar refractivity (Wildman–Crippen MR) is 61.2 cm³/mol. The fourth-order valence-electron chi connectivity index (χ4n) is 1.13. The lowest BCUT2D eigenvalue weighted by atomic mass is 10.1. The van der Waals surface area contributed by atoms with E-state index in [1.54, 1.807) is 6.07 Å². The standard InChI is InChI=1S/C10H10BrClN2/c1-2-14-10(6-13)7-3-4-9(12)8(11)5-7/h3-5,10,14H,2H2,1H3. The van der Waals surface area contributed by atoms with Crippen molar-refractivity contribution in [3.8, 4) is 6.07 Å². The maximum Gasteiger partial charge on any atom is 0.121 e. The van der Waals surface area contributed by atoms with Gasteiger partial charge in [-0.2, -0.15) is 5.26 Å². The van der Waals surface area contributed by atoms with Gasteiger partial charge in [-0.15, -0.1) is 0 Å². The third kappa shape index (κ3) is 2.71. The van der Waals surface area contributed by atoms with Gasteiger partial charge in [0.1, 0.15) is 6.04 Å². The van der Waals surface area contributed by atoms with E-state index < -0.39 is 0 Å². The molecule has 1 aromatic rings. The highest BCUT2D eigenvalue weighted by Gasteiger charge is 2.09. The highest BCUT2D eigenvalue weighted by molar-refractivity contribution is 9.10. The van der Waals surface area contributed by atoms with E-state index in [4.69, 9.17) is 16.9 Å². The van der Waals surface area contributed by atoms with Gasteiger partial charge in [-0.25, -0.2) is 0 Å². The highest BCUT2D eigenvalue weighted by atomic mass is 79.9. The Morgan fingerprint density at radius 2 is 2.36 bits per heavy atom. The minimum Gasteiger partial charge on any atom is -0.298 e. The van der Waals surface area contributed by atoms with Crippen LogP contribution in [-0.4, -0.2) is 6.54 Å². The van der Waals surface area contributed by atoms with E-state index >= 15 is 0 Å². The van der Waals surface area contributed by atoms with Crippen LogP contribution in [0.25, 0.3) is 0 Å². The van der Waals surface area contributed by atoms with Crippen molar-refractivity contribution in [1.82, 2.24) is 5.32 Å². The molecule has 0 spiro atoms. The molecule has 0 aliphatic rings. The van der Waals surface area contributed by atoms with Crippen LogP contribution in [0.15, 0.2) is 22.7 Å². The van der Waals surface area contributed by atoms with Crippen LogP contribution in [-0.2, 0) is 0 Å². The number of halogens is 2. The Labute approximate surface area is 97.0 Å². The normalized spacial score (nSPS) is 12.1. The first-order valence-corrected chi connectivity index (χ1v) is 5.44. The Balaban J connectivity index is 2.95. The summed E-state index contributed by atoms with van der Waals surface area (Å²) < 4.78 is 0.815. The van der Waals surface area contributed by atoms with Crippen molar-refractivity contribution < 1.29 is 0 Å². The lowest BCUT2D eigenvalue weighted by Crippen LogP contribution is -2.19. The van der Waals surface area contributed by atoms with Crippen LogP contribution in [0.2, 0.25) is 5.02 Å². The summed E-state index contributed by atoms with van der Waals surface area (Å²) in [5, 5.41) is 12.6. The molecule has 0 heterocycles. The molecule has 0 fully saturated rings. The molecule has 74 valence electrons. The highest BCUT2D eigenvalue weighted by Crippen LogP contribution is 2.25. The van der Waals surface area contributed by atoms with Crippen LogP contribution < -0.4 is 5.32 Å². The predicted octanol–water partition coefficient (Wildman–Crippen LogP) is 3.28. The van der Waals surface area contributed by atoms with Crippen molar-refractivity contribution in [3.63, 3.8) is 0 Å². The molecule has 2 nitrogen and oxygen atoms in total. The van der Waals surface area contributed by atoms with E-state index in [2.05, 4.69) is 27.3 Å². The molecule has 0 aliphatic carbocycles. The summed E-state index contributed by atoms with van der Waals surface area (Å²) >= 11 is 9.18. The first-order valence-electron chi connectivity index (χ1n) is 4.27. The van der Waals surface area contributed by atoms with Crippen molar-refractivity contribution in [1.29, 1.82) is 5.26 Å². The average Bonchev–Trinajstić information content (AvgIpc) is 2.19. The SMILES string of the molecule is CCNC(C#N)c1ccc(Cl)c(Br)c1. The molecule has 0 bridgehead atoms. The van der Waals surface area contributed by atoms with Crippen molar-refractivity contribution in [2.75, 3.05) is 6.54 Å². The summed E-state index contributed by atoms with van der Waals surface area (Å²) in [6.07, 6.45) is 0. The summed E-state index contributed by atoms with van der Waals surface area (Å²) in [5.41, 5.74) is 0.922. The molecule has 0 saturated carbocycles. The van der Waals surface area contributed by atoms with Crippen molar-refractivity contribution in [3.05, 3.63) is 33.3 Å². The minimum atomic E-state index is -0.270. The summed E-state index contributed by atoms with van der Waals surface area (Å²) in [7, 11) is 0. The molecule has 4 heteroatoms. The third-order valence-electron chi connectivity index (χ3n) is 1.81. The number of hydrogen-bond donors (Lipinski definition) is 1. The minimum absolute atomic E-state index is 0.270. The largest absolute Gasteiger partial charge is 0.298 e. The molecule has 0 radical (unpaired) electrons. The van der Waals surface area contributed by atoms with Crippen LogP contribution >= 0.6 is 27.5 Å². The van der Waals surface area contributed by atoms with Crippen LogP contribution in [0.1, 0.15) is 18.5 Å². The first-order chi connectivity index (χ1) is 6.69. The van der Waals surface area contributed by atoms with E-state index in [1.165, 1.54) is 0 Å². The summed E-state index contributed by atoms with van der Waals surface area (Å²) in [6, 6.07) is 7.41. The second-order valence-electron chi connectivity index (χ2n) is 2.79. The smallest absolute Gasteiger partial charge is 0.121 e. The topological polar surface area (TPSA) is 35.8 Å². The van der Waals surface area contributed by atoms with Gasteiger partial charge in [0.15, 0.2) is 0 Å². The molecule has 1 aromatic carbocycles. The first kappa shape index (κ1) is 11.5. The molecule has 0 aliphatic heterocycles. The van der Waals surface area contributed by atoms with Crippen molar-refractivity contribution >= 4 is 27.5 Å². The number of benzene rings is 1. The number of hydrogen-bond acceptors (Lipinski definition) is 2. The summed E-state index contributed by atoms with van der Waals surface area (Å²) in [5.74, 6) is 0. The number of nitrogens with one attached hydrogen (secondary N) is 1. The van der Waals surface area contributed by atoms with E-state index in [0.717, 1.165) is 16.6 Å². The Hall–Kier alpha value is -0.560. The van der Waals surface area contributed by atoms with Gasteiger partial charge >= 0.3 is 0 Å². The molecular formula is C10H10BrClN2. The zero-order chi connectivity index (χ0) is 10.6. The quantitative estimate of drug-likeness (QED) is 0.917. The van der Waals surface area contributed by atoms with Gasteiger partial charge in [-0.05, 0) is 40.2 Å². The van der Waals surface area contributed by atoms with Gasteiger partial charge < -0.3 is 0 Å². The Morgan fingerprint density at radius 3 is 2.86 bits per heavy atom. The van der Waals surface area contributed by atoms with Gasteiger partial charge in [-0.3, -0.25) is 5.32 Å². The third-order valence-corrected chi connectivity index (χ3v) is 3.03. The van der Waals surface area contributed by atoms with Gasteiger partial charge in [0.2, 0.25) is 0 Å². The maximum absolute atomic E-state index is 8.91. The van der Waals surface area contributed by atoms with E-state index in [1.807, 2.05) is 19.1 Å². The molecule has 1 unspecified atom stereocenters. The van der Waals surface area contributed by atoms with E-state index in [-0.39, 0.29) is 6.04 Å². The van der Waals surface area contributed by atoms with Crippen LogP contribution in [0.4, 0.5) is 0 Å². The monoisotopic (exact) mass is 272 g/mol. The second kappa shape index (κ2) is 5.35. The molecule has 1 N–H and O–H groups in total. The Kier molecular flexibility index (Phi) is 4.40. The average molecular weight is 274 g/mol. The number of rotatable bonds is 3.